The van der Waals surface area contributed by atoms with Gasteiger partial charge in [0, 0.05) is 6.54 Å². The van der Waals surface area contributed by atoms with Gasteiger partial charge in [0.15, 0.2) is 0 Å². The third-order valence-corrected chi connectivity index (χ3v) is 10.1. The summed E-state index contributed by atoms with van der Waals surface area (Å²) in [5.41, 5.74) is 4.55. The topological polar surface area (TPSA) is 177 Å². The van der Waals surface area contributed by atoms with Crippen LogP contribution in [-0.2, 0) is 28.7 Å². The Morgan fingerprint density at radius 3 is 2.07 bits per heavy atom. The second-order valence-corrected chi connectivity index (χ2v) is 14.6. The quantitative estimate of drug-likeness (QED) is 0.182. The lowest BCUT2D eigenvalue weighted by Gasteiger charge is -2.38. The van der Waals surface area contributed by atoms with Crippen molar-refractivity contribution in [1.82, 2.24) is 20.9 Å². The largest absolute Gasteiger partial charge is 0.464 e. The van der Waals surface area contributed by atoms with Crippen molar-refractivity contribution in [3.63, 3.8) is 0 Å². The van der Waals surface area contributed by atoms with Crippen molar-refractivity contribution >= 4 is 35.5 Å². The molecule has 12 nitrogen and oxygen atoms in total. The summed E-state index contributed by atoms with van der Waals surface area (Å²) in [5.74, 6) is -2.49. The van der Waals surface area contributed by atoms with Crippen LogP contribution in [0.1, 0.15) is 85.0 Å². The van der Waals surface area contributed by atoms with Crippen LogP contribution in [0.15, 0.2) is 0 Å². The molecule has 5 amide bonds. The van der Waals surface area contributed by atoms with Crippen LogP contribution in [0.25, 0.3) is 0 Å². The van der Waals surface area contributed by atoms with E-state index >= 15 is 0 Å². The third kappa shape index (κ3) is 7.32. The van der Waals surface area contributed by atoms with Crippen LogP contribution in [0.4, 0.5) is 4.79 Å². The van der Waals surface area contributed by atoms with Gasteiger partial charge in [0.1, 0.15) is 18.1 Å². The van der Waals surface area contributed by atoms with Gasteiger partial charge in [0.05, 0.1) is 12.6 Å². The first-order valence-corrected chi connectivity index (χ1v) is 16.0. The minimum atomic E-state index is -1.09. The Bertz CT molecular complexity index is 1140. The molecule has 5 rings (SSSR count). The summed E-state index contributed by atoms with van der Waals surface area (Å²) in [5, 5.41) is 8.37. The molecule has 0 aromatic carbocycles. The van der Waals surface area contributed by atoms with Gasteiger partial charge in [0.2, 0.25) is 17.6 Å². The summed E-state index contributed by atoms with van der Waals surface area (Å²) < 4.78 is 5.49. The van der Waals surface area contributed by atoms with Gasteiger partial charge in [-0.15, -0.1) is 0 Å². The number of fused-ring (bicyclic) bond motifs is 1. The SMILES string of the molecule is CC(C)(C)[C@H](NC(=O)N[C@H](C(=O)OCC1CC1)C1CCC1)C(=O)N1C[C@@H]2CC[C@@H]2[C@H]1C(=O)NC(CC1CC1)C(=O)C(N)=O. The number of carbonyl (C=O) groups excluding carboxylic acids is 6. The molecule has 0 aromatic heterocycles. The molecule has 0 spiro atoms. The van der Waals surface area contributed by atoms with E-state index in [-0.39, 0.29) is 23.7 Å². The molecule has 238 valence electrons. The summed E-state index contributed by atoms with van der Waals surface area (Å²) in [6, 6.07) is -4.23. The average molecular weight is 602 g/mol. The van der Waals surface area contributed by atoms with Crippen molar-refractivity contribution in [2.75, 3.05) is 13.2 Å². The van der Waals surface area contributed by atoms with E-state index in [1.165, 1.54) is 4.90 Å². The first-order chi connectivity index (χ1) is 20.3. The van der Waals surface area contributed by atoms with E-state index in [9.17, 15) is 28.8 Å². The first-order valence-electron chi connectivity index (χ1n) is 16.0. The zero-order valence-electron chi connectivity index (χ0n) is 25.6. The smallest absolute Gasteiger partial charge is 0.328 e. The van der Waals surface area contributed by atoms with Gasteiger partial charge in [-0.2, -0.15) is 0 Å². The van der Waals surface area contributed by atoms with Crippen molar-refractivity contribution in [2.45, 2.75) is 109 Å². The van der Waals surface area contributed by atoms with Gasteiger partial charge in [-0.1, -0.05) is 40.0 Å². The Morgan fingerprint density at radius 2 is 1.56 bits per heavy atom. The van der Waals surface area contributed by atoms with Gasteiger partial charge in [0.25, 0.3) is 5.91 Å². The van der Waals surface area contributed by atoms with E-state index in [0.29, 0.717) is 25.5 Å². The molecule has 0 bridgehead atoms. The Hall–Kier alpha value is -3.18. The minimum Gasteiger partial charge on any atom is -0.464 e. The molecule has 1 aliphatic heterocycles. The van der Waals surface area contributed by atoms with E-state index in [0.717, 1.165) is 57.8 Å². The number of esters is 1. The number of nitrogens with zero attached hydrogens (tertiary/aromatic N) is 1. The fourth-order valence-electron chi connectivity index (χ4n) is 6.59. The fourth-order valence-corrected chi connectivity index (χ4v) is 6.59. The predicted molar refractivity (Wildman–Crippen MR) is 155 cm³/mol. The van der Waals surface area contributed by atoms with Crippen LogP contribution < -0.4 is 21.7 Å². The molecule has 1 heterocycles. The molecule has 43 heavy (non-hydrogen) atoms. The van der Waals surface area contributed by atoms with E-state index in [1.54, 1.807) is 0 Å². The van der Waals surface area contributed by atoms with Gasteiger partial charge in [-0.25, -0.2) is 9.59 Å². The monoisotopic (exact) mass is 601 g/mol. The molecule has 5 N–H and O–H groups in total. The molecule has 0 radical (unpaired) electrons. The first kappa shape index (κ1) is 31.3. The molecule has 1 saturated heterocycles. The second kappa shape index (κ2) is 12.4. The van der Waals surface area contributed by atoms with Gasteiger partial charge in [-0.05, 0) is 80.0 Å². The molecule has 4 aliphatic carbocycles. The maximum Gasteiger partial charge on any atom is 0.328 e. The Kier molecular flexibility index (Phi) is 9.04. The number of hydrogen-bond donors (Lipinski definition) is 4. The molecular weight excluding hydrogens is 554 g/mol. The number of ketones is 1. The van der Waals surface area contributed by atoms with Gasteiger partial charge in [-0.3, -0.25) is 19.2 Å². The summed E-state index contributed by atoms with van der Waals surface area (Å²) in [6.45, 7) is 6.23. The molecule has 4 saturated carbocycles. The number of ether oxygens (including phenoxy) is 1. The Balaban J connectivity index is 1.27. The number of nitrogens with two attached hydrogens (primary N) is 1. The number of rotatable bonds is 13. The van der Waals surface area contributed by atoms with E-state index in [4.69, 9.17) is 10.5 Å². The highest BCUT2D eigenvalue weighted by molar-refractivity contribution is 6.37. The van der Waals surface area contributed by atoms with Crippen LogP contribution in [0.2, 0.25) is 0 Å². The summed E-state index contributed by atoms with van der Waals surface area (Å²) in [7, 11) is 0. The van der Waals surface area contributed by atoms with Crippen molar-refractivity contribution in [1.29, 1.82) is 0 Å². The number of nitrogens with one attached hydrogen (secondary N) is 3. The van der Waals surface area contributed by atoms with Crippen LogP contribution in [0.3, 0.4) is 0 Å². The maximum absolute atomic E-state index is 14.2. The zero-order chi connectivity index (χ0) is 31.1. The lowest BCUT2D eigenvalue weighted by Crippen LogP contribution is -2.62. The number of carbonyl (C=O) groups is 6. The highest BCUT2D eigenvalue weighted by atomic mass is 16.5. The number of amides is 5. The second-order valence-electron chi connectivity index (χ2n) is 14.6. The predicted octanol–water partition coefficient (Wildman–Crippen LogP) is 1.40. The molecular formula is C31H47N5O7. The van der Waals surface area contributed by atoms with Crippen molar-refractivity contribution in [2.24, 2.45) is 40.7 Å². The fraction of sp³-hybridized carbons (Fsp3) is 0.806. The molecule has 6 atom stereocenters. The molecule has 5 fully saturated rings. The number of likely N-dealkylation sites (tertiary alicyclic amines) is 1. The Labute approximate surface area is 252 Å². The molecule has 1 unspecified atom stereocenters. The highest BCUT2D eigenvalue weighted by Gasteiger charge is 2.54. The Morgan fingerprint density at radius 1 is 0.884 bits per heavy atom. The lowest BCUT2D eigenvalue weighted by atomic mass is 9.73. The zero-order valence-corrected chi connectivity index (χ0v) is 25.6. The van der Waals surface area contributed by atoms with Crippen molar-refractivity contribution in [3.8, 4) is 0 Å². The molecule has 5 aliphatic rings. The van der Waals surface area contributed by atoms with E-state index < -0.39 is 65.1 Å². The van der Waals surface area contributed by atoms with E-state index in [2.05, 4.69) is 16.0 Å². The van der Waals surface area contributed by atoms with Crippen molar-refractivity contribution in [3.05, 3.63) is 0 Å². The standard InChI is InChI=1S/C31H47N5O7/c1-31(2,3)25(35-30(42)34-22(18-5-4-6-18)29(41)43-15-17-9-10-17)28(40)36-14-19-11-12-20(19)23(36)27(39)33-21(13-16-7-8-16)24(37)26(32)38/h16-23,25H,4-15H2,1-3H3,(H2,32,38)(H,33,39)(H2,34,35,42)/t19-,20-,21?,22-,23-,25+/m0/s1. The van der Waals surface area contributed by atoms with Crippen molar-refractivity contribution < 1.29 is 33.5 Å². The van der Waals surface area contributed by atoms with Crippen LogP contribution in [0, 0.1) is 35.0 Å². The summed E-state index contributed by atoms with van der Waals surface area (Å²) >= 11 is 0. The maximum atomic E-state index is 14.2. The van der Waals surface area contributed by atoms with Gasteiger partial charge < -0.3 is 31.3 Å². The molecule has 0 aromatic rings. The summed E-state index contributed by atoms with van der Waals surface area (Å²) in [4.78, 5) is 79.8. The normalized spacial score (nSPS) is 27.0. The van der Waals surface area contributed by atoms with Gasteiger partial charge >= 0.3 is 12.0 Å². The van der Waals surface area contributed by atoms with Crippen LogP contribution in [-0.4, -0.2) is 77.7 Å². The van der Waals surface area contributed by atoms with Crippen LogP contribution in [0.5, 0.6) is 0 Å². The third-order valence-electron chi connectivity index (χ3n) is 10.1. The van der Waals surface area contributed by atoms with E-state index in [1.807, 2.05) is 20.8 Å². The minimum absolute atomic E-state index is 0.00442. The highest BCUT2D eigenvalue weighted by Crippen LogP contribution is 2.46. The van der Waals surface area contributed by atoms with Crippen LogP contribution >= 0.6 is 0 Å². The average Bonchev–Trinajstić information content (AvgIpc) is 3.82. The number of hydrogen-bond acceptors (Lipinski definition) is 7. The number of Topliss-reactive ketones (excluding diaryl/α,β-unsaturated/α-hetero) is 1. The summed E-state index contributed by atoms with van der Waals surface area (Å²) in [6.07, 6.45) is 8.56. The number of urea groups is 1. The molecule has 12 heteroatoms. The number of primary amides is 1. The lowest BCUT2D eigenvalue weighted by molar-refractivity contribution is -0.148.